The van der Waals surface area contributed by atoms with E-state index in [1.807, 2.05) is 48.4 Å². The Balaban J connectivity index is 1.38. The van der Waals surface area contributed by atoms with E-state index in [-0.39, 0.29) is 17.7 Å². The molecule has 2 heterocycles. The summed E-state index contributed by atoms with van der Waals surface area (Å²) in [4.78, 5) is 31.8. The van der Waals surface area contributed by atoms with Crippen LogP contribution in [0.4, 0.5) is 11.5 Å². The number of allylic oxidation sites excluding steroid dienone is 3. The average molecular weight is 559 g/mol. The van der Waals surface area contributed by atoms with Crippen molar-refractivity contribution < 1.29 is 14.3 Å². The van der Waals surface area contributed by atoms with Crippen LogP contribution in [0.3, 0.4) is 0 Å². The molecular weight excluding hydrogens is 512 g/mol. The maximum absolute atomic E-state index is 12.9. The number of pyridine rings is 1. The molecule has 2 amide bonds. The number of anilines is 2. The van der Waals surface area contributed by atoms with Gasteiger partial charge in [0.15, 0.2) is 0 Å². The van der Waals surface area contributed by atoms with Crippen LogP contribution in [-0.4, -0.2) is 48.0 Å². The van der Waals surface area contributed by atoms with Crippen molar-refractivity contribution >= 4 is 23.3 Å². The second-order valence-electron chi connectivity index (χ2n) is 11.3. The van der Waals surface area contributed by atoms with Crippen LogP contribution < -0.4 is 10.6 Å². The summed E-state index contributed by atoms with van der Waals surface area (Å²) in [6.07, 6.45) is 16.4. The van der Waals surface area contributed by atoms with Crippen molar-refractivity contribution in [2.75, 3.05) is 36.9 Å². The van der Waals surface area contributed by atoms with Crippen LogP contribution in [0.2, 0.25) is 0 Å². The van der Waals surface area contributed by atoms with Crippen molar-refractivity contribution in [3.63, 3.8) is 0 Å². The molecule has 220 valence electrons. The lowest BCUT2D eigenvalue weighted by molar-refractivity contribution is -0.136. The maximum Gasteiger partial charge on any atom is 0.227 e. The van der Waals surface area contributed by atoms with E-state index in [1.54, 1.807) is 0 Å². The molecule has 1 saturated heterocycles. The van der Waals surface area contributed by atoms with E-state index >= 15 is 0 Å². The predicted molar refractivity (Wildman–Crippen MR) is 166 cm³/mol. The van der Waals surface area contributed by atoms with Crippen molar-refractivity contribution in [2.45, 2.75) is 71.6 Å². The number of ether oxygens (including phenoxy) is 1. The highest BCUT2D eigenvalue weighted by molar-refractivity contribution is 5.94. The molecule has 1 unspecified atom stereocenters. The molecule has 2 aromatic rings. The summed E-state index contributed by atoms with van der Waals surface area (Å²) in [6.45, 7) is 6.92. The fourth-order valence-corrected chi connectivity index (χ4v) is 5.30. The molecule has 1 aliphatic carbocycles. The molecule has 1 aromatic heterocycles. The molecule has 1 aromatic carbocycles. The summed E-state index contributed by atoms with van der Waals surface area (Å²) in [7, 11) is 0. The largest absolute Gasteiger partial charge is 0.378 e. The van der Waals surface area contributed by atoms with Crippen molar-refractivity contribution in [2.24, 2.45) is 11.8 Å². The third kappa shape index (κ3) is 10.5. The monoisotopic (exact) mass is 558 g/mol. The van der Waals surface area contributed by atoms with Crippen molar-refractivity contribution in [3.05, 3.63) is 77.6 Å². The van der Waals surface area contributed by atoms with E-state index in [4.69, 9.17) is 9.72 Å². The minimum absolute atomic E-state index is 0.125. The van der Waals surface area contributed by atoms with Gasteiger partial charge < -0.3 is 20.3 Å². The number of nitrogens with zero attached hydrogens (tertiary/aromatic N) is 2. The Kier molecular flexibility index (Phi) is 12.0. The fourth-order valence-electron chi connectivity index (χ4n) is 5.30. The van der Waals surface area contributed by atoms with Crippen molar-refractivity contribution in [3.8, 4) is 0 Å². The van der Waals surface area contributed by atoms with E-state index in [1.165, 1.54) is 5.56 Å². The highest BCUT2D eigenvalue weighted by Gasteiger charge is 2.29. The molecule has 1 atom stereocenters. The van der Waals surface area contributed by atoms with Crippen LogP contribution in [0.5, 0.6) is 0 Å². The summed E-state index contributed by atoms with van der Waals surface area (Å²) < 4.78 is 5.41. The number of morpholine rings is 1. The lowest BCUT2D eigenvalue weighted by atomic mass is 9.92. The number of hydrogen-bond acceptors (Lipinski definition) is 5. The van der Waals surface area contributed by atoms with Crippen LogP contribution in [0.15, 0.2) is 60.8 Å². The van der Waals surface area contributed by atoms with E-state index in [9.17, 15) is 9.59 Å². The van der Waals surface area contributed by atoms with Crippen LogP contribution >= 0.6 is 0 Å². The molecule has 2 N–H and O–H groups in total. The molecule has 41 heavy (non-hydrogen) atoms. The number of benzene rings is 1. The molecule has 7 heteroatoms. The Hall–Kier alpha value is -3.45. The summed E-state index contributed by atoms with van der Waals surface area (Å²) in [5, 5.41) is 6.34. The Labute approximate surface area is 245 Å². The van der Waals surface area contributed by atoms with E-state index in [2.05, 4.69) is 41.8 Å². The molecule has 2 aliphatic rings. The minimum Gasteiger partial charge on any atom is -0.378 e. The smallest absolute Gasteiger partial charge is 0.227 e. The van der Waals surface area contributed by atoms with Gasteiger partial charge in [0.05, 0.1) is 13.2 Å². The van der Waals surface area contributed by atoms with Crippen LogP contribution in [0, 0.1) is 11.8 Å². The number of rotatable bonds is 15. The Bertz CT molecular complexity index is 1180. The van der Waals surface area contributed by atoms with Gasteiger partial charge in [0, 0.05) is 49.4 Å². The number of carbonyl (C=O) groups excluding carboxylic acids is 2. The fraction of sp³-hybridized carbons (Fsp3) is 0.500. The van der Waals surface area contributed by atoms with Gasteiger partial charge in [-0.3, -0.25) is 9.59 Å². The third-order valence-corrected chi connectivity index (χ3v) is 7.73. The van der Waals surface area contributed by atoms with Crippen molar-refractivity contribution in [1.82, 2.24) is 9.88 Å². The summed E-state index contributed by atoms with van der Waals surface area (Å²) in [5.74, 6) is 1.84. The van der Waals surface area contributed by atoms with Gasteiger partial charge in [-0.2, -0.15) is 0 Å². The maximum atomic E-state index is 12.9. The number of hydrogen-bond donors (Lipinski definition) is 2. The van der Waals surface area contributed by atoms with Gasteiger partial charge in [-0.15, -0.1) is 0 Å². The SMILES string of the molecule is C/C=C\C=C\Nc1cc(CCCC(CCC)CC(=O)N2CCOCC2)cc(Cc2ccc(NC(=O)C3CC3)cc2)n1. The number of amides is 2. The molecule has 7 nitrogen and oxygen atoms in total. The number of carbonyl (C=O) groups is 2. The molecule has 0 spiro atoms. The van der Waals surface area contributed by atoms with Gasteiger partial charge in [-0.05, 0) is 86.4 Å². The topological polar surface area (TPSA) is 83.6 Å². The van der Waals surface area contributed by atoms with Crippen molar-refractivity contribution in [1.29, 1.82) is 0 Å². The highest BCUT2D eigenvalue weighted by atomic mass is 16.5. The van der Waals surface area contributed by atoms with Gasteiger partial charge in [0.25, 0.3) is 0 Å². The lowest BCUT2D eigenvalue weighted by Crippen LogP contribution is -2.41. The van der Waals surface area contributed by atoms with Gasteiger partial charge in [0.2, 0.25) is 11.8 Å². The molecule has 1 saturated carbocycles. The summed E-state index contributed by atoms with van der Waals surface area (Å²) in [5.41, 5.74) is 4.25. The molecule has 0 radical (unpaired) electrons. The van der Waals surface area contributed by atoms with Gasteiger partial charge in [0.1, 0.15) is 5.82 Å². The normalized spacial score (nSPS) is 16.3. The Morgan fingerprint density at radius 3 is 2.56 bits per heavy atom. The first-order valence-electron chi connectivity index (χ1n) is 15.3. The lowest BCUT2D eigenvalue weighted by Gasteiger charge is -2.28. The van der Waals surface area contributed by atoms with E-state index < -0.39 is 0 Å². The minimum atomic E-state index is 0.125. The number of aromatic nitrogens is 1. The summed E-state index contributed by atoms with van der Waals surface area (Å²) >= 11 is 0. The molecule has 1 aliphatic heterocycles. The molecule has 2 fully saturated rings. The van der Waals surface area contributed by atoms with Crippen LogP contribution in [0.1, 0.15) is 75.6 Å². The second-order valence-corrected chi connectivity index (χ2v) is 11.3. The zero-order valence-electron chi connectivity index (χ0n) is 24.7. The number of aryl methyl sites for hydroxylation is 1. The quantitative estimate of drug-likeness (QED) is 0.244. The molecule has 4 rings (SSSR count). The zero-order valence-corrected chi connectivity index (χ0v) is 24.7. The molecular formula is C34H46N4O3. The van der Waals surface area contributed by atoms with Gasteiger partial charge in [-0.1, -0.05) is 44.1 Å². The van der Waals surface area contributed by atoms with Gasteiger partial charge >= 0.3 is 0 Å². The Morgan fingerprint density at radius 2 is 1.85 bits per heavy atom. The predicted octanol–water partition coefficient (Wildman–Crippen LogP) is 6.51. The second kappa shape index (κ2) is 16.1. The first kappa shape index (κ1) is 30.5. The van der Waals surface area contributed by atoms with E-state index in [0.717, 1.165) is 67.7 Å². The molecule has 0 bridgehead atoms. The Morgan fingerprint density at radius 1 is 1.07 bits per heavy atom. The third-order valence-electron chi connectivity index (χ3n) is 7.73. The van der Waals surface area contributed by atoms with E-state index in [0.29, 0.717) is 45.1 Å². The zero-order chi connectivity index (χ0) is 28.9. The average Bonchev–Trinajstić information content (AvgIpc) is 3.83. The first-order chi connectivity index (χ1) is 20.0. The number of nitrogens with one attached hydrogen (secondary N) is 2. The first-order valence-corrected chi connectivity index (χ1v) is 15.3. The summed E-state index contributed by atoms with van der Waals surface area (Å²) in [6, 6.07) is 12.4. The van der Waals surface area contributed by atoms with Gasteiger partial charge in [-0.25, -0.2) is 4.98 Å². The highest BCUT2D eigenvalue weighted by Crippen LogP contribution is 2.30. The van der Waals surface area contributed by atoms with Crippen LogP contribution in [-0.2, 0) is 27.2 Å². The van der Waals surface area contributed by atoms with Crippen LogP contribution in [0.25, 0.3) is 0 Å². The standard InChI is InChI=1S/C34H46N4O3/c1-3-5-6-17-35-32-24-28(10-7-9-26(8-4-2)25-33(39)38-18-20-41-21-19-38)23-31(36-32)22-27-11-15-30(16-12-27)37-34(40)29-13-14-29/h3,5-6,11-12,15-17,23-24,26,29H,4,7-10,13-14,18-22,25H2,1-2H3,(H,35,36)(H,37,40)/b5-3-,17-6+.